The summed E-state index contributed by atoms with van der Waals surface area (Å²) in [5.74, 6) is 0.942. The van der Waals surface area contributed by atoms with E-state index in [4.69, 9.17) is 22.7 Å². The number of thiocarbonyl (C=S) groups is 1. The van der Waals surface area contributed by atoms with Crippen molar-refractivity contribution in [3.8, 4) is 5.75 Å². The number of hydrogen-bond donors (Lipinski definition) is 1. The zero-order valence-corrected chi connectivity index (χ0v) is 12.5. The zero-order valence-electron chi connectivity index (χ0n) is 11.7. The Kier molecular flexibility index (Phi) is 4.77. The van der Waals surface area contributed by atoms with Gasteiger partial charge in [-0.1, -0.05) is 36.3 Å². The van der Waals surface area contributed by atoms with E-state index in [1.54, 1.807) is 7.11 Å². The molecule has 0 saturated carbocycles. The van der Waals surface area contributed by atoms with E-state index in [-0.39, 0.29) is 6.04 Å². The molecular formula is C15H22N2OS. The molecule has 1 fully saturated rings. The molecule has 19 heavy (non-hydrogen) atoms. The molecule has 1 unspecified atom stereocenters. The number of ether oxygens (including phenoxy) is 1. The topological polar surface area (TPSA) is 38.5 Å². The minimum Gasteiger partial charge on any atom is -0.496 e. The summed E-state index contributed by atoms with van der Waals surface area (Å²) in [5, 5.41) is 0. The predicted molar refractivity (Wildman–Crippen MR) is 82.6 cm³/mol. The molecule has 1 aromatic carbocycles. The highest BCUT2D eigenvalue weighted by Crippen LogP contribution is 2.25. The molecule has 3 nitrogen and oxygen atoms in total. The molecule has 0 aliphatic carbocycles. The Labute approximate surface area is 120 Å². The molecule has 0 spiro atoms. The van der Waals surface area contributed by atoms with E-state index in [0.717, 1.165) is 25.3 Å². The van der Waals surface area contributed by atoms with Gasteiger partial charge in [0.2, 0.25) is 0 Å². The molecule has 0 amide bonds. The van der Waals surface area contributed by atoms with Gasteiger partial charge in [0, 0.05) is 12.1 Å². The molecule has 0 radical (unpaired) electrons. The van der Waals surface area contributed by atoms with Crippen molar-refractivity contribution in [3.63, 3.8) is 0 Å². The standard InChI is InChI=1S/C15H22N2OS/c1-11-6-7-14(18-2)12(9-11)10-17-8-4-3-5-13(17)15(16)19/h6-7,9,13H,3-5,8,10H2,1-2H3,(H2,16,19). The molecule has 2 N–H and O–H groups in total. The van der Waals surface area contributed by atoms with Crippen molar-refractivity contribution in [2.24, 2.45) is 5.73 Å². The van der Waals surface area contributed by atoms with Crippen LogP contribution in [0.15, 0.2) is 18.2 Å². The lowest BCUT2D eigenvalue weighted by atomic mass is 10.0. The van der Waals surface area contributed by atoms with Crippen molar-refractivity contribution < 1.29 is 4.74 Å². The number of benzene rings is 1. The van der Waals surface area contributed by atoms with E-state index in [9.17, 15) is 0 Å². The number of rotatable bonds is 4. The van der Waals surface area contributed by atoms with Crippen molar-refractivity contribution >= 4 is 17.2 Å². The summed E-state index contributed by atoms with van der Waals surface area (Å²) in [6, 6.07) is 6.52. The van der Waals surface area contributed by atoms with Gasteiger partial charge in [-0.2, -0.15) is 0 Å². The van der Waals surface area contributed by atoms with Crippen LogP contribution in [0.3, 0.4) is 0 Å². The van der Waals surface area contributed by atoms with Gasteiger partial charge in [-0.15, -0.1) is 0 Å². The maximum absolute atomic E-state index is 5.87. The average Bonchev–Trinajstić information content (AvgIpc) is 2.39. The summed E-state index contributed by atoms with van der Waals surface area (Å²) in [4.78, 5) is 3.00. The van der Waals surface area contributed by atoms with Crippen molar-refractivity contribution in [1.82, 2.24) is 4.90 Å². The highest BCUT2D eigenvalue weighted by atomic mass is 32.1. The number of piperidine rings is 1. The van der Waals surface area contributed by atoms with Crippen LogP contribution in [-0.2, 0) is 6.54 Å². The van der Waals surface area contributed by atoms with E-state index in [1.165, 1.54) is 24.0 Å². The Morgan fingerprint density at radius 1 is 1.47 bits per heavy atom. The monoisotopic (exact) mass is 278 g/mol. The van der Waals surface area contributed by atoms with Gasteiger partial charge in [0.1, 0.15) is 5.75 Å². The Balaban J connectivity index is 2.18. The fourth-order valence-corrected chi connectivity index (χ4v) is 3.02. The number of methoxy groups -OCH3 is 1. The summed E-state index contributed by atoms with van der Waals surface area (Å²) in [5.41, 5.74) is 8.33. The second-order valence-corrected chi connectivity index (χ2v) is 5.67. The first-order valence-corrected chi connectivity index (χ1v) is 7.19. The second kappa shape index (κ2) is 6.35. The lowest BCUT2D eigenvalue weighted by Gasteiger charge is -2.35. The number of nitrogens with two attached hydrogens (primary N) is 1. The zero-order chi connectivity index (χ0) is 13.8. The van der Waals surface area contributed by atoms with Crippen LogP contribution in [0.5, 0.6) is 5.75 Å². The molecule has 1 aliphatic heterocycles. The first-order valence-electron chi connectivity index (χ1n) is 6.78. The minimum atomic E-state index is 0.231. The van der Waals surface area contributed by atoms with Crippen molar-refractivity contribution in [1.29, 1.82) is 0 Å². The molecule has 1 saturated heterocycles. The molecule has 4 heteroatoms. The third kappa shape index (κ3) is 3.45. The van der Waals surface area contributed by atoms with Gasteiger partial charge in [0.25, 0.3) is 0 Å². The van der Waals surface area contributed by atoms with Gasteiger partial charge in [-0.25, -0.2) is 0 Å². The maximum atomic E-state index is 5.87. The largest absolute Gasteiger partial charge is 0.496 e. The van der Waals surface area contributed by atoms with Gasteiger partial charge in [-0.05, 0) is 32.4 Å². The van der Waals surface area contributed by atoms with Crippen LogP contribution < -0.4 is 10.5 Å². The maximum Gasteiger partial charge on any atom is 0.123 e. The van der Waals surface area contributed by atoms with Crippen LogP contribution in [0.1, 0.15) is 30.4 Å². The van der Waals surface area contributed by atoms with Crippen LogP contribution in [-0.4, -0.2) is 29.6 Å². The smallest absolute Gasteiger partial charge is 0.123 e. The summed E-state index contributed by atoms with van der Waals surface area (Å²) < 4.78 is 5.45. The predicted octanol–water partition coefficient (Wildman–Crippen LogP) is 2.64. The molecule has 1 atom stereocenters. The Morgan fingerprint density at radius 2 is 2.26 bits per heavy atom. The first kappa shape index (κ1) is 14.3. The molecule has 0 bridgehead atoms. The SMILES string of the molecule is COc1ccc(C)cc1CN1CCCCC1C(N)=S. The van der Waals surface area contributed by atoms with Crippen molar-refractivity contribution in [3.05, 3.63) is 29.3 Å². The Morgan fingerprint density at radius 3 is 2.95 bits per heavy atom. The normalized spacial score (nSPS) is 20.2. The summed E-state index contributed by atoms with van der Waals surface area (Å²) in [6.45, 7) is 4.01. The number of aryl methyl sites for hydroxylation is 1. The Bertz CT molecular complexity index is 461. The average molecular weight is 278 g/mol. The van der Waals surface area contributed by atoms with Crippen LogP contribution in [0.25, 0.3) is 0 Å². The van der Waals surface area contributed by atoms with E-state index in [0.29, 0.717) is 4.99 Å². The van der Waals surface area contributed by atoms with Crippen LogP contribution in [0, 0.1) is 6.92 Å². The molecular weight excluding hydrogens is 256 g/mol. The van der Waals surface area contributed by atoms with Gasteiger partial charge < -0.3 is 10.5 Å². The summed E-state index contributed by atoms with van der Waals surface area (Å²) in [6.07, 6.45) is 3.50. The molecule has 1 aliphatic rings. The third-order valence-electron chi connectivity index (χ3n) is 3.75. The fraction of sp³-hybridized carbons (Fsp3) is 0.533. The number of hydrogen-bond acceptors (Lipinski definition) is 3. The van der Waals surface area contributed by atoms with E-state index in [2.05, 4.69) is 24.0 Å². The number of nitrogens with zero attached hydrogens (tertiary/aromatic N) is 1. The quantitative estimate of drug-likeness (QED) is 0.859. The first-order chi connectivity index (χ1) is 9.11. The third-order valence-corrected chi connectivity index (χ3v) is 4.02. The summed E-state index contributed by atoms with van der Waals surface area (Å²) >= 11 is 5.20. The van der Waals surface area contributed by atoms with Gasteiger partial charge in [0.05, 0.1) is 18.1 Å². The van der Waals surface area contributed by atoms with Gasteiger partial charge >= 0.3 is 0 Å². The second-order valence-electron chi connectivity index (χ2n) is 5.20. The molecule has 104 valence electrons. The van der Waals surface area contributed by atoms with Gasteiger partial charge in [-0.3, -0.25) is 4.90 Å². The molecule has 1 heterocycles. The fourth-order valence-electron chi connectivity index (χ4n) is 2.75. The van der Waals surface area contributed by atoms with Crippen LogP contribution >= 0.6 is 12.2 Å². The van der Waals surface area contributed by atoms with Crippen molar-refractivity contribution in [2.45, 2.75) is 38.8 Å². The molecule has 2 rings (SSSR count). The van der Waals surface area contributed by atoms with E-state index < -0.39 is 0 Å². The highest BCUT2D eigenvalue weighted by molar-refractivity contribution is 7.80. The van der Waals surface area contributed by atoms with Crippen LogP contribution in [0.4, 0.5) is 0 Å². The van der Waals surface area contributed by atoms with Crippen molar-refractivity contribution in [2.75, 3.05) is 13.7 Å². The number of likely N-dealkylation sites (tertiary alicyclic amines) is 1. The van der Waals surface area contributed by atoms with E-state index >= 15 is 0 Å². The van der Waals surface area contributed by atoms with Gasteiger partial charge in [0.15, 0.2) is 0 Å². The summed E-state index contributed by atoms with van der Waals surface area (Å²) in [7, 11) is 1.72. The highest BCUT2D eigenvalue weighted by Gasteiger charge is 2.25. The Hall–Kier alpha value is -1.13. The van der Waals surface area contributed by atoms with E-state index in [1.807, 2.05) is 6.07 Å². The molecule has 0 aromatic heterocycles. The molecule has 1 aromatic rings. The van der Waals surface area contributed by atoms with Crippen LogP contribution in [0.2, 0.25) is 0 Å². The lowest BCUT2D eigenvalue weighted by molar-refractivity contribution is 0.182. The minimum absolute atomic E-state index is 0.231. The lowest BCUT2D eigenvalue weighted by Crippen LogP contribution is -2.46.